The number of rotatable bonds is 4. The molecule has 4 nitrogen and oxygen atoms in total. The van der Waals surface area contributed by atoms with Crippen LogP contribution in [0.5, 0.6) is 0 Å². The number of pyridine rings is 1. The van der Waals surface area contributed by atoms with Crippen LogP contribution in [0, 0.1) is 0 Å². The van der Waals surface area contributed by atoms with Gasteiger partial charge >= 0.3 is 0 Å². The first-order chi connectivity index (χ1) is 10.7. The zero-order chi connectivity index (χ0) is 15.4. The summed E-state index contributed by atoms with van der Waals surface area (Å²) in [5.41, 5.74) is 1.93. The number of hydrogen-bond acceptors (Lipinski definition) is 4. The maximum absolute atomic E-state index is 6.08. The highest BCUT2D eigenvalue weighted by Crippen LogP contribution is 2.20. The lowest BCUT2D eigenvalue weighted by molar-refractivity contribution is 1.08. The summed E-state index contributed by atoms with van der Waals surface area (Å²) in [6, 6.07) is 13.0. The molecule has 0 saturated carbocycles. The standard InChI is InChI=1S/C16H12Cl2N4/c17-13-3-1-2-11(8-13)10-20-15-9-14(18)21-16(22-15)12-4-6-19-7-5-12/h1-9H,10H2,(H,20,21,22). The molecule has 0 aliphatic carbocycles. The molecule has 0 spiro atoms. The topological polar surface area (TPSA) is 50.7 Å². The SMILES string of the molecule is Clc1cccc(CNc2cc(Cl)nc(-c3ccncc3)n2)c1. The van der Waals surface area contributed by atoms with Crippen molar-refractivity contribution in [1.82, 2.24) is 15.0 Å². The van der Waals surface area contributed by atoms with E-state index in [-0.39, 0.29) is 0 Å². The summed E-state index contributed by atoms with van der Waals surface area (Å²) in [6.07, 6.45) is 3.39. The van der Waals surface area contributed by atoms with Crippen molar-refractivity contribution in [3.63, 3.8) is 0 Å². The second kappa shape index (κ2) is 6.73. The van der Waals surface area contributed by atoms with E-state index < -0.39 is 0 Å². The van der Waals surface area contributed by atoms with Crippen LogP contribution < -0.4 is 5.32 Å². The molecule has 0 saturated heterocycles. The van der Waals surface area contributed by atoms with Gasteiger partial charge in [0, 0.05) is 35.6 Å². The number of benzene rings is 1. The average molecular weight is 331 g/mol. The molecule has 22 heavy (non-hydrogen) atoms. The highest BCUT2D eigenvalue weighted by Gasteiger charge is 2.06. The summed E-state index contributed by atoms with van der Waals surface area (Å²) in [6.45, 7) is 0.601. The number of aromatic nitrogens is 3. The number of nitrogens with zero attached hydrogens (tertiary/aromatic N) is 3. The van der Waals surface area contributed by atoms with E-state index in [1.165, 1.54) is 0 Å². The summed E-state index contributed by atoms with van der Waals surface area (Å²) in [4.78, 5) is 12.7. The number of halogens is 2. The van der Waals surface area contributed by atoms with Gasteiger partial charge in [-0.15, -0.1) is 0 Å². The van der Waals surface area contributed by atoms with Gasteiger partial charge in [0.25, 0.3) is 0 Å². The Bertz CT molecular complexity index is 778. The molecule has 0 aliphatic heterocycles. The first-order valence-corrected chi connectivity index (χ1v) is 7.39. The van der Waals surface area contributed by atoms with E-state index in [4.69, 9.17) is 23.2 Å². The Morgan fingerprint density at radius 1 is 0.955 bits per heavy atom. The van der Waals surface area contributed by atoms with E-state index in [0.717, 1.165) is 11.1 Å². The van der Waals surface area contributed by atoms with E-state index in [0.29, 0.717) is 28.4 Å². The maximum atomic E-state index is 6.08. The van der Waals surface area contributed by atoms with Gasteiger partial charge in [-0.1, -0.05) is 35.3 Å². The Labute approximate surface area is 138 Å². The first-order valence-electron chi connectivity index (χ1n) is 6.64. The Morgan fingerprint density at radius 3 is 2.55 bits per heavy atom. The molecule has 0 aliphatic rings. The van der Waals surface area contributed by atoms with Crippen molar-refractivity contribution in [3.05, 3.63) is 70.6 Å². The predicted molar refractivity (Wildman–Crippen MR) is 89.1 cm³/mol. The van der Waals surface area contributed by atoms with E-state index >= 15 is 0 Å². The fourth-order valence-corrected chi connectivity index (χ4v) is 2.37. The van der Waals surface area contributed by atoms with Crippen molar-refractivity contribution in [3.8, 4) is 11.4 Å². The van der Waals surface area contributed by atoms with E-state index in [1.54, 1.807) is 18.5 Å². The van der Waals surface area contributed by atoms with Gasteiger partial charge in [0.15, 0.2) is 5.82 Å². The van der Waals surface area contributed by atoms with Gasteiger partial charge in [0.05, 0.1) is 0 Å². The van der Waals surface area contributed by atoms with Crippen LogP contribution in [0.3, 0.4) is 0 Å². The zero-order valence-corrected chi connectivity index (χ0v) is 13.0. The van der Waals surface area contributed by atoms with Crippen molar-refractivity contribution in [2.45, 2.75) is 6.54 Å². The molecule has 1 aromatic carbocycles. The normalized spacial score (nSPS) is 10.5. The van der Waals surface area contributed by atoms with Crippen LogP contribution >= 0.6 is 23.2 Å². The number of nitrogens with one attached hydrogen (secondary N) is 1. The monoisotopic (exact) mass is 330 g/mol. The summed E-state index contributed by atoms with van der Waals surface area (Å²) in [5, 5.41) is 4.32. The molecule has 2 aromatic heterocycles. The highest BCUT2D eigenvalue weighted by atomic mass is 35.5. The minimum atomic E-state index is 0.385. The molecule has 0 fully saturated rings. The van der Waals surface area contributed by atoms with E-state index in [2.05, 4.69) is 20.3 Å². The molecular weight excluding hydrogens is 319 g/mol. The molecule has 0 atom stereocenters. The zero-order valence-electron chi connectivity index (χ0n) is 11.5. The highest BCUT2D eigenvalue weighted by molar-refractivity contribution is 6.30. The third kappa shape index (κ3) is 3.72. The number of anilines is 1. The van der Waals surface area contributed by atoms with Crippen molar-refractivity contribution < 1.29 is 0 Å². The van der Waals surface area contributed by atoms with Crippen molar-refractivity contribution in [2.24, 2.45) is 0 Å². The summed E-state index contributed by atoms with van der Waals surface area (Å²) in [5.74, 6) is 1.22. The molecule has 3 aromatic rings. The third-order valence-electron chi connectivity index (χ3n) is 3.00. The largest absolute Gasteiger partial charge is 0.366 e. The van der Waals surface area contributed by atoms with Crippen LogP contribution in [-0.4, -0.2) is 15.0 Å². The molecule has 0 unspecified atom stereocenters. The van der Waals surface area contributed by atoms with Gasteiger partial charge in [0.2, 0.25) is 0 Å². The Hall–Kier alpha value is -2.17. The fraction of sp³-hybridized carbons (Fsp3) is 0.0625. The van der Waals surface area contributed by atoms with Crippen LogP contribution in [0.2, 0.25) is 10.2 Å². The second-order valence-electron chi connectivity index (χ2n) is 4.62. The molecule has 0 radical (unpaired) electrons. The van der Waals surface area contributed by atoms with Gasteiger partial charge in [-0.25, -0.2) is 9.97 Å². The van der Waals surface area contributed by atoms with Crippen LogP contribution in [0.15, 0.2) is 54.9 Å². The van der Waals surface area contributed by atoms with Crippen LogP contribution in [-0.2, 0) is 6.54 Å². The van der Waals surface area contributed by atoms with Gasteiger partial charge < -0.3 is 5.32 Å². The maximum Gasteiger partial charge on any atom is 0.163 e. The Balaban J connectivity index is 1.81. The molecule has 0 bridgehead atoms. The predicted octanol–water partition coefficient (Wildman–Crippen LogP) is 4.46. The van der Waals surface area contributed by atoms with Crippen molar-refractivity contribution in [1.29, 1.82) is 0 Å². The average Bonchev–Trinajstić information content (AvgIpc) is 2.53. The molecule has 0 amide bonds. The van der Waals surface area contributed by atoms with Crippen LogP contribution in [0.25, 0.3) is 11.4 Å². The van der Waals surface area contributed by atoms with E-state index in [1.807, 2.05) is 36.4 Å². The molecule has 110 valence electrons. The van der Waals surface area contributed by atoms with Crippen molar-refractivity contribution in [2.75, 3.05) is 5.32 Å². The Morgan fingerprint density at radius 2 is 1.77 bits per heavy atom. The quantitative estimate of drug-likeness (QED) is 0.717. The number of hydrogen-bond donors (Lipinski definition) is 1. The fourth-order valence-electron chi connectivity index (χ4n) is 1.98. The van der Waals surface area contributed by atoms with Crippen LogP contribution in [0.4, 0.5) is 5.82 Å². The van der Waals surface area contributed by atoms with Gasteiger partial charge in [-0.3, -0.25) is 4.98 Å². The lowest BCUT2D eigenvalue weighted by Gasteiger charge is -2.08. The lowest BCUT2D eigenvalue weighted by Crippen LogP contribution is -2.03. The molecular formula is C16H12Cl2N4. The molecule has 2 heterocycles. The molecule has 6 heteroatoms. The third-order valence-corrected chi connectivity index (χ3v) is 3.42. The Kier molecular flexibility index (Phi) is 4.51. The van der Waals surface area contributed by atoms with Crippen molar-refractivity contribution >= 4 is 29.0 Å². The smallest absolute Gasteiger partial charge is 0.163 e. The second-order valence-corrected chi connectivity index (χ2v) is 5.44. The summed E-state index contributed by atoms with van der Waals surface area (Å²) in [7, 11) is 0. The van der Waals surface area contributed by atoms with Gasteiger partial charge in [-0.05, 0) is 29.8 Å². The van der Waals surface area contributed by atoms with Gasteiger partial charge in [0.1, 0.15) is 11.0 Å². The summed E-state index contributed by atoms with van der Waals surface area (Å²) >= 11 is 12.1. The summed E-state index contributed by atoms with van der Waals surface area (Å²) < 4.78 is 0. The minimum absolute atomic E-state index is 0.385. The van der Waals surface area contributed by atoms with Gasteiger partial charge in [-0.2, -0.15) is 0 Å². The molecule has 1 N–H and O–H groups in total. The lowest BCUT2D eigenvalue weighted by atomic mass is 10.2. The van der Waals surface area contributed by atoms with Crippen LogP contribution in [0.1, 0.15) is 5.56 Å². The van der Waals surface area contributed by atoms with E-state index in [9.17, 15) is 0 Å². The first kappa shape index (κ1) is 14.8. The molecule has 3 rings (SSSR count). The minimum Gasteiger partial charge on any atom is -0.366 e.